The van der Waals surface area contributed by atoms with Crippen molar-refractivity contribution in [2.45, 2.75) is 20.5 Å². The number of para-hydroxylation sites is 1. The van der Waals surface area contributed by atoms with E-state index in [0.29, 0.717) is 21.5 Å². The van der Waals surface area contributed by atoms with Crippen molar-refractivity contribution in [3.8, 4) is 5.75 Å². The molecule has 0 saturated carbocycles. The molecular weight excluding hydrogens is 373 g/mol. The Morgan fingerprint density at radius 3 is 2.54 bits per heavy atom. The molecule has 0 saturated heterocycles. The van der Waals surface area contributed by atoms with E-state index in [1.807, 2.05) is 32.0 Å². The summed E-state index contributed by atoms with van der Waals surface area (Å²) in [5.41, 5.74) is 2.50. The average molecular weight is 390 g/mol. The van der Waals surface area contributed by atoms with Crippen molar-refractivity contribution in [2.24, 2.45) is 0 Å². The second kappa shape index (κ2) is 7.85. The number of furan rings is 1. The minimum atomic E-state index is -0.432. The van der Waals surface area contributed by atoms with Crippen molar-refractivity contribution in [3.63, 3.8) is 0 Å². The number of nitrogens with one attached hydrogen (secondary N) is 1. The maximum Gasteiger partial charge on any atom is 0.291 e. The number of hydrogen-bond acceptors (Lipinski definition) is 3. The van der Waals surface area contributed by atoms with Crippen LogP contribution in [0.5, 0.6) is 5.75 Å². The van der Waals surface area contributed by atoms with Crippen LogP contribution in [0.4, 0.5) is 5.69 Å². The molecule has 2 aromatic carbocycles. The Balaban J connectivity index is 1.67. The fraction of sp³-hybridized carbons (Fsp3) is 0.150. The van der Waals surface area contributed by atoms with E-state index in [-0.39, 0.29) is 12.4 Å². The molecule has 26 heavy (non-hydrogen) atoms. The predicted octanol–water partition coefficient (Wildman–Crippen LogP) is 6.03. The molecule has 134 valence electrons. The molecule has 0 unspecified atom stereocenters. The molecule has 1 heterocycles. The van der Waals surface area contributed by atoms with Crippen molar-refractivity contribution in [2.75, 3.05) is 5.32 Å². The number of carbonyl (C=O) groups is 1. The first-order valence-corrected chi connectivity index (χ1v) is 8.74. The highest BCUT2D eigenvalue weighted by Crippen LogP contribution is 2.30. The summed E-state index contributed by atoms with van der Waals surface area (Å²) >= 11 is 12.1. The van der Waals surface area contributed by atoms with Gasteiger partial charge in [0.15, 0.2) is 5.76 Å². The largest absolute Gasteiger partial charge is 0.485 e. The second-order valence-electron chi connectivity index (χ2n) is 5.87. The lowest BCUT2D eigenvalue weighted by Crippen LogP contribution is -2.11. The van der Waals surface area contributed by atoms with E-state index < -0.39 is 5.91 Å². The van der Waals surface area contributed by atoms with Crippen molar-refractivity contribution >= 4 is 34.8 Å². The summed E-state index contributed by atoms with van der Waals surface area (Å²) in [5.74, 6) is 1.05. The number of carbonyl (C=O) groups excluding carboxylic acids is 1. The first-order chi connectivity index (χ1) is 12.4. The molecule has 0 radical (unpaired) electrons. The van der Waals surface area contributed by atoms with Crippen molar-refractivity contribution < 1.29 is 13.9 Å². The molecule has 1 aromatic heterocycles. The third kappa shape index (κ3) is 4.21. The van der Waals surface area contributed by atoms with E-state index in [1.165, 1.54) is 0 Å². The minimum Gasteiger partial charge on any atom is -0.485 e. The van der Waals surface area contributed by atoms with Gasteiger partial charge in [-0.15, -0.1) is 0 Å². The van der Waals surface area contributed by atoms with Crippen molar-refractivity contribution in [1.82, 2.24) is 0 Å². The molecule has 1 N–H and O–H groups in total. The number of anilines is 1. The van der Waals surface area contributed by atoms with Gasteiger partial charge in [0.2, 0.25) is 0 Å². The highest BCUT2D eigenvalue weighted by Gasteiger charge is 2.15. The summed E-state index contributed by atoms with van der Waals surface area (Å²) in [6.07, 6.45) is 0. The van der Waals surface area contributed by atoms with E-state index in [2.05, 4.69) is 5.32 Å². The normalized spacial score (nSPS) is 10.6. The van der Waals surface area contributed by atoms with E-state index >= 15 is 0 Å². The van der Waals surface area contributed by atoms with Crippen LogP contribution in [-0.2, 0) is 6.61 Å². The highest BCUT2D eigenvalue weighted by molar-refractivity contribution is 6.39. The third-order valence-corrected chi connectivity index (χ3v) is 4.43. The molecule has 0 spiro atoms. The number of ether oxygens (including phenoxy) is 1. The standard InChI is InChI=1S/C20H17Cl2NO3/c1-12-6-7-13(2)18(10-12)25-11-14-8-9-17(26-14)20(24)23-19-15(21)4-3-5-16(19)22/h3-10H,11H2,1-2H3,(H,23,24). The fourth-order valence-electron chi connectivity index (χ4n) is 2.38. The monoisotopic (exact) mass is 389 g/mol. The maximum absolute atomic E-state index is 12.3. The molecule has 0 aliphatic heterocycles. The zero-order valence-corrected chi connectivity index (χ0v) is 15.8. The zero-order chi connectivity index (χ0) is 18.7. The van der Waals surface area contributed by atoms with Gasteiger partial charge >= 0.3 is 0 Å². The Labute approximate surface area is 161 Å². The summed E-state index contributed by atoms with van der Waals surface area (Å²) < 4.78 is 11.4. The molecule has 0 bridgehead atoms. The van der Waals surface area contributed by atoms with Crippen LogP contribution in [0.3, 0.4) is 0 Å². The third-order valence-electron chi connectivity index (χ3n) is 3.80. The van der Waals surface area contributed by atoms with Crippen LogP contribution in [0, 0.1) is 13.8 Å². The summed E-state index contributed by atoms with van der Waals surface area (Å²) in [4.78, 5) is 12.3. The van der Waals surface area contributed by atoms with E-state index in [0.717, 1.165) is 16.9 Å². The van der Waals surface area contributed by atoms with E-state index in [4.69, 9.17) is 32.4 Å². The van der Waals surface area contributed by atoms with Gasteiger partial charge in [0.1, 0.15) is 18.1 Å². The SMILES string of the molecule is Cc1ccc(C)c(OCc2ccc(C(=O)Nc3c(Cl)cccc3Cl)o2)c1. The minimum absolute atomic E-state index is 0.153. The van der Waals surface area contributed by atoms with Gasteiger partial charge in [-0.25, -0.2) is 0 Å². The zero-order valence-electron chi connectivity index (χ0n) is 14.3. The van der Waals surface area contributed by atoms with Gasteiger partial charge in [-0.05, 0) is 55.3 Å². The predicted molar refractivity (Wildman–Crippen MR) is 103 cm³/mol. The Morgan fingerprint density at radius 2 is 1.81 bits per heavy atom. The van der Waals surface area contributed by atoms with Gasteiger partial charge in [-0.3, -0.25) is 4.79 Å². The Hall–Kier alpha value is -2.43. The summed E-state index contributed by atoms with van der Waals surface area (Å²) in [5, 5.41) is 3.38. The molecule has 0 atom stereocenters. The quantitative estimate of drug-likeness (QED) is 0.578. The molecule has 3 rings (SSSR count). The smallest absolute Gasteiger partial charge is 0.291 e. The fourth-order valence-corrected chi connectivity index (χ4v) is 2.87. The summed E-state index contributed by atoms with van der Waals surface area (Å²) in [7, 11) is 0. The lowest BCUT2D eigenvalue weighted by atomic mass is 10.1. The van der Waals surface area contributed by atoms with Gasteiger partial charge < -0.3 is 14.5 Å². The highest BCUT2D eigenvalue weighted by atomic mass is 35.5. The number of hydrogen-bond donors (Lipinski definition) is 1. The Morgan fingerprint density at radius 1 is 1.08 bits per heavy atom. The van der Waals surface area contributed by atoms with Crippen LogP contribution in [0.2, 0.25) is 10.0 Å². The second-order valence-corrected chi connectivity index (χ2v) is 6.69. The molecule has 0 fully saturated rings. The van der Waals surface area contributed by atoms with Crippen LogP contribution in [0.25, 0.3) is 0 Å². The molecule has 0 aliphatic carbocycles. The first kappa shape index (κ1) is 18.4. The number of halogens is 2. The van der Waals surface area contributed by atoms with Crippen LogP contribution in [0.15, 0.2) is 52.9 Å². The number of benzene rings is 2. The summed E-state index contributed by atoms with van der Waals surface area (Å²) in [6.45, 7) is 4.20. The molecule has 4 nitrogen and oxygen atoms in total. The molecule has 1 amide bonds. The van der Waals surface area contributed by atoms with Crippen LogP contribution in [-0.4, -0.2) is 5.91 Å². The number of aryl methyl sites for hydroxylation is 2. The lowest BCUT2D eigenvalue weighted by Gasteiger charge is -2.09. The Bertz CT molecular complexity index is 930. The van der Waals surface area contributed by atoms with Crippen molar-refractivity contribution in [3.05, 3.63) is 81.2 Å². The first-order valence-electron chi connectivity index (χ1n) is 7.98. The number of amides is 1. The van der Waals surface area contributed by atoms with Gasteiger partial charge in [0.25, 0.3) is 5.91 Å². The van der Waals surface area contributed by atoms with Gasteiger partial charge in [-0.1, -0.05) is 41.4 Å². The van der Waals surface area contributed by atoms with Crippen LogP contribution >= 0.6 is 23.2 Å². The van der Waals surface area contributed by atoms with E-state index in [1.54, 1.807) is 30.3 Å². The van der Waals surface area contributed by atoms with Gasteiger partial charge in [0, 0.05) is 0 Å². The maximum atomic E-state index is 12.3. The molecule has 0 aliphatic rings. The molecule has 6 heteroatoms. The lowest BCUT2D eigenvalue weighted by molar-refractivity contribution is 0.0992. The van der Waals surface area contributed by atoms with Crippen LogP contribution in [0.1, 0.15) is 27.4 Å². The van der Waals surface area contributed by atoms with Gasteiger partial charge in [0.05, 0.1) is 15.7 Å². The number of rotatable bonds is 5. The van der Waals surface area contributed by atoms with E-state index in [9.17, 15) is 4.79 Å². The average Bonchev–Trinajstić information content (AvgIpc) is 3.08. The molecular formula is C20H17Cl2NO3. The summed E-state index contributed by atoms with van der Waals surface area (Å²) in [6, 6.07) is 14.3. The molecule has 3 aromatic rings. The topological polar surface area (TPSA) is 51.5 Å². The van der Waals surface area contributed by atoms with Gasteiger partial charge in [-0.2, -0.15) is 0 Å². The van der Waals surface area contributed by atoms with Crippen LogP contribution < -0.4 is 10.1 Å². The van der Waals surface area contributed by atoms with Crippen molar-refractivity contribution in [1.29, 1.82) is 0 Å². The Kier molecular flexibility index (Phi) is 5.55.